The van der Waals surface area contributed by atoms with Crippen LogP contribution in [-0.4, -0.2) is 4.98 Å². The fourth-order valence-electron chi connectivity index (χ4n) is 1.35. The highest BCUT2D eigenvalue weighted by molar-refractivity contribution is 9.10. The number of benzene rings is 1. The third kappa shape index (κ3) is 1.56. The van der Waals surface area contributed by atoms with Gasteiger partial charge in [0.15, 0.2) is 5.82 Å². The highest BCUT2D eigenvalue weighted by atomic mass is 79.9. The van der Waals surface area contributed by atoms with Gasteiger partial charge in [-0.1, -0.05) is 0 Å². The van der Waals surface area contributed by atoms with Gasteiger partial charge in [-0.3, -0.25) is 0 Å². The SMILES string of the molecule is Cc1cc2c(F)c(Br)cc(F)c2nc1N. The molecule has 0 radical (unpaired) electrons. The largest absolute Gasteiger partial charge is 0.383 e. The maximum absolute atomic E-state index is 13.6. The molecule has 0 unspecified atom stereocenters. The molecular weight excluding hydrogens is 266 g/mol. The lowest BCUT2D eigenvalue weighted by atomic mass is 10.1. The average Bonchev–Trinajstić information content (AvgIpc) is 2.18. The summed E-state index contributed by atoms with van der Waals surface area (Å²) in [6.07, 6.45) is 0. The first-order valence-corrected chi connectivity index (χ1v) is 5.00. The summed E-state index contributed by atoms with van der Waals surface area (Å²) in [7, 11) is 0. The van der Waals surface area contributed by atoms with E-state index in [9.17, 15) is 8.78 Å². The van der Waals surface area contributed by atoms with Gasteiger partial charge in [-0.05, 0) is 40.5 Å². The fraction of sp³-hybridized carbons (Fsp3) is 0.100. The first-order chi connectivity index (χ1) is 7.00. The second-order valence-corrected chi connectivity index (χ2v) is 4.10. The molecule has 1 heterocycles. The molecule has 0 bridgehead atoms. The highest BCUT2D eigenvalue weighted by Crippen LogP contribution is 2.28. The molecule has 0 spiro atoms. The Balaban J connectivity index is 2.97. The molecule has 0 amide bonds. The number of pyridine rings is 1. The second-order valence-electron chi connectivity index (χ2n) is 3.24. The van der Waals surface area contributed by atoms with Gasteiger partial charge in [-0.2, -0.15) is 0 Å². The van der Waals surface area contributed by atoms with E-state index in [2.05, 4.69) is 20.9 Å². The first kappa shape index (κ1) is 10.3. The Labute approximate surface area is 93.2 Å². The summed E-state index contributed by atoms with van der Waals surface area (Å²) < 4.78 is 27.1. The van der Waals surface area contributed by atoms with Crippen molar-refractivity contribution in [3.63, 3.8) is 0 Å². The summed E-state index contributed by atoms with van der Waals surface area (Å²) in [4.78, 5) is 3.82. The van der Waals surface area contributed by atoms with Gasteiger partial charge in [-0.15, -0.1) is 0 Å². The van der Waals surface area contributed by atoms with Crippen molar-refractivity contribution in [2.45, 2.75) is 6.92 Å². The Morgan fingerprint density at radius 2 is 2.00 bits per heavy atom. The van der Waals surface area contributed by atoms with Gasteiger partial charge in [-0.25, -0.2) is 13.8 Å². The molecule has 2 nitrogen and oxygen atoms in total. The smallest absolute Gasteiger partial charge is 0.150 e. The second kappa shape index (κ2) is 3.41. The molecule has 0 aliphatic heterocycles. The van der Waals surface area contributed by atoms with Crippen molar-refractivity contribution < 1.29 is 8.78 Å². The van der Waals surface area contributed by atoms with Crippen LogP contribution in [0.25, 0.3) is 10.9 Å². The number of nitrogen functional groups attached to an aromatic ring is 1. The number of nitrogens with zero attached hydrogens (tertiary/aromatic N) is 1. The number of aromatic nitrogens is 1. The zero-order valence-electron chi connectivity index (χ0n) is 7.81. The minimum Gasteiger partial charge on any atom is -0.383 e. The molecule has 0 aliphatic rings. The van der Waals surface area contributed by atoms with Crippen molar-refractivity contribution in [2.75, 3.05) is 5.73 Å². The minimum atomic E-state index is -0.593. The number of hydrogen-bond donors (Lipinski definition) is 1. The van der Waals surface area contributed by atoms with Gasteiger partial charge < -0.3 is 5.73 Å². The Bertz CT molecular complexity index is 555. The standard InChI is InChI=1S/C10H7BrF2N2/c1-4-2-5-8(13)6(11)3-7(12)9(5)15-10(4)14/h2-3H,1H3,(H2,14,15). The van der Waals surface area contributed by atoms with Gasteiger partial charge in [0.05, 0.1) is 4.47 Å². The zero-order valence-corrected chi connectivity index (χ0v) is 9.40. The molecule has 2 rings (SSSR count). The van der Waals surface area contributed by atoms with E-state index in [0.29, 0.717) is 5.56 Å². The monoisotopic (exact) mass is 272 g/mol. The molecule has 5 heteroatoms. The summed E-state index contributed by atoms with van der Waals surface area (Å²) in [6.45, 7) is 1.69. The van der Waals surface area contributed by atoms with Crippen molar-refractivity contribution in [2.24, 2.45) is 0 Å². The van der Waals surface area contributed by atoms with Crippen LogP contribution in [0.3, 0.4) is 0 Å². The minimum absolute atomic E-state index is 0.0428. The van der Waals surface area contributed by atoms with E-state index in [0.717, 1.165) is 6.07 Å². The molecule has 0 fully saturated rings. The molecule has 0 atom stereocenters. The lowest BCUT2D eigenvalue weighted by molar-refractivity contribution is 0.610. The quantitative estimate of drug-likeness (QED) is 0.749. The van der Waals surface area contributed by atoms with Gasteiger partial charge in [0.25, 0.3) is 0 Å². The summed E-state index contributed by atoms with van der Waals surface area (Å²) >= 11 is 2.94. The van der Waals surface area contributed by atoms with Crippen molar-refractivity contribution in [1.82, 2.24) is 4.98 Å². The Kier molecular flexibility index (Phi) is 2.34. The number of halogens is 3. The van der Waals surface area contributed by atoms with Gasteiger partial charge >= 0.3 is 0 Å². The number of anilines is 1. The number of hydrogen-bond acceptors (Lipinski definition) is 2. The van der Waals surface area contributed by atoms with E-state index in [-0.39, 0.29) is 21.2 Å². The predicted octanol–water partition coefficient (Wildman–Crippen LogP) is 3.17. The molecule has 0 aliphatic carbocycles. The molecule has 2 N–H and O–H groups in total. The maximum atomic E-state index is 13.6. The van der Waals surface area contributed by atoms with Crippen molar-refractivity contribution in [1.29, 1.82) is 0 Å². The molecule has 1 aromatic heterocycles. The van der Waals surface area contributed by atoms with Crippen molar-refractivity contribution in [3.05, 3.63) is 33.8 Å². The molecular formula is C10H7BrF2N2. The lowest BCUT2D eigenvalue weighted by Crippen LogP contribution is -1.98. The summed E-state index contributed by atoms with van der Waals surface area (Å²) in [5.41, 5.74) is 6.11. The van der Waals surface area contributed by atoms with Crippen LogP contribution in [0.1, 0.15) is 5.56 Å². The summed E-state index contributed by atoms with van der Waals surface area (Å²) in [6, 6.07) is 2.53. The van der Waals surface area contributed by atoms with Crippen molar-refractivity contribution >= 4 is 32.7 Å². The number of fused-ring (bicyclic) bond motifs is 1. The zero-order chi connectivity index (χ0) is 11.2. The molecule has 1 aromatic carbocycles. The first-order valence-electron chi connectivity index (χ1n) is 4.21. The molecule has 0 saturated heterocycles. The lowest BCUT2D eigenvalue weighted by Gasteiger charge is -2.06. The summed E-state index contributed by atoms with van der Waals surface area (Å²) in [5, 5.41) is 0.133. The van der Waals surface area contributed by atoms with Crippen LogP contribution < -0.4 is 5.73 Å². The van der Waals surface area contributed by atoms with E-state index in [1.807, 2.05) is 0 Å². The van der Waals surface area contributed by atoms with Crippen LogP contribution in [-0.2, 0) is 0 Å². The van der Waals surface area contributed by atoms with Crippen LogP contribution in [0.15, 0.2) is 16.6 Å². The van der Waals surface area contributed by atoms with Crippen molar-refractivity contribution in [3.8, 4) is 0 Å². The Morgan fingerprint density at radius 3 is 2.67 bits per heavy atom. The van der Waals surface area contributed by atoms with Crippen LogP contribution in [0.5, 0.6) is 0 Å². The Hall–Kier alpha value is -1.23. The number of rotatable bonds is 0. The molecule has 78 valence electrons. The van der Waals surface area contributed by atoms with Crippen LogP contribution in [0.2, 0.25) is 0 Å². The fourth-order valence-corrected chi connectivity index (χ4v) is 1.76. The van der Waals surface area contributed by atoms with Gasteiger partial charge in [0, 0.05) is 5.39 Å². The van der Waals surface area contributed by atoms with Gasteiger partial charge in [0.1, 0.15) is 17.2 Å². The highest BCUT2D eigenvalue weighted by Gasteiger charge is 2.13. The average molecular weight is 273 g/mol. The van der Waals surface area contributed by atoms with Crippen LogP contribution in [0.4, 0.5) is 14.6 Å². The molecule has 15 heavy (non-hydrogen) atoms. The van der Waals surface area contributed by atoms with E-state index in [1.165, 1.54) is 6.07 Å². The van der Waals surface area contributed by atoms with E-state index < -0.39 is 11.6 Å². The topological polar surface area (TPSA) is 38.9 Å². The normalized spacial score (nSPS) is 10.9. The van der Waals surface area contributed by atoms with E-state index in [4.69, 9.17) is 5.73 Å². The van der Waals surface area contributed by atoms with Crippen LogP contribution in [0, 0.1) is 18.6 Å². The molecule has 2 aromatic rings. The number of aryl methyl sites for hydroxylation is 1. The third-order valence-corrected chi connectivity index (χ3v) is 2.76. The summed E-state index contributed by atoms with van der Waals surface area (Å²) in [5.74, 6) is -0.907. The predicted molar refractivity (Wildman–Crippen MR) is 58.5 cm³/mol. The van der Waals surface area contributed by atoms with Crippen LogP contribution >= 0.6 is 15.9 Å². The van der Waals surface area contributed by atoms with E-state index in [1.54, 1.807) is 6.92 Å². The maximum Gasteiger partial charge on any atom is 0.150 e. The van der Waals surface area contributed by atoms with Gasteiger partial charge in [0.2, 0.25) is 0 Å². The third-order valence-electron chi connectivity index (χ3n) is 2.18. The molecule has 0 saturated carbocycles. The van der Waals surface area contributed by atoms with E-state index >= 15 is 0 Å². The Morgan fingerprint density at radius 1 is 1.33 bits per heavy atom. The number of nitrogens with two attached hydrogens (primary N) is 1.